The molecule has 0 atom stereocenters. The van der Waals surface area contributed by atoms with Crippen LogP contribution in [-0.2, 0) is 9.59 Å². The van der Waals surface area contributed by atoms with Gasteiger partial charge in [0.2, 0.25) is 5.91 Å². The van der Waals surface area contributed by atoms with Crippen LogP contribution in [0.15, 0.2) is 18.2 Å². The number of hydrogen-bond donors (Lipinski definition) is 1. The summed E-state index contributed by atoms with van der Waals surface area (Å²) in [5, 5.41) is 12.8. The second-order valence-corrected chi connectivity index (χ2v) is 3.79. The second-order valence-electron chi connectivity index (χ2n) is 3.79. The molecular weight excluding hydrogens is 220 g/mol. The Morgan fingerprint density at radius 1 is 1.29 bits per heavy atom. The smallest absolute Gasteiger partial charge is 0.225 e. The Morgan fingerprint density at radius 3 is 2.65 bits per heavy atom. The molecule has 0 unspecified atom stereocenters. The van der Waals surface area contributed by atoms with Gasteiger partial charge in [-0.05, 0) is 38.3 Å². The molecule has 0 saturated heterocycles. The molecule has 5 nitrogen and oxygen atoms in total. The van der Waals surface area contributed by atoms with Crippen molar-refractivity contribution in [3.8, 4) is 0 Å². The summed E-state index contributed by atoms with van der Waals surface area (Å²) in [5.41, 5.74) is 0.833. The third kappa shape index (κ3) is 5.65. The topological polar surface area (TPSA) is 82.1 Å². The number of unbranched alkanes of at least 4 members (excludes halogenated alkanes) is 1. The highest BCUT2D eigenvalue weighted by Gasteiger charge is 2.03. The molecule has 0 aliphatic heterocycles. The van der Waals surface area contributed by atoms with E-state index in [1.807, 2.05) is 19.1 Å². The summed E-state index contributed by atoms with van der Waals surface area (Å²) in [4.78, 5) is 25.7. The summed E-state index contributed by atoms with van der Waals surface area (Å²) in [6, 6.07) is 5.37. The van der Waals surface area contributed by atoms with Gasteiger partial charge in [0, 0.05) is 18.1 Å². The van der Waals surface area contributed by atoms with Gasteiger partial charge in [-0.1, -0.05) is 6.07 Å². The predicted octanol–water partition coefficient (Wildman–Crippen LogP) is 0.639. The summed E-state index contributed by atoms with van der Waals surface area (Å²) in [5.74, 6) is -0.706. The number of anilines is 1. The number of aromatic nitrogens is 1. The normalized spacial score (nSPS) is 9.94. The van der Waals surface area contributed by atoms with E-state index in [0.717, 1.165) is 5.69 Å². The van der Waals surface area contributed by atoms with Crippen LogP contribution in [0.3, 0.4) is 0 Å². The first-order chi connectivity index (χ1) is 8.08. The lowest BCUT2D eigenvalue weighted by Crippen LogP contribution is -2.21. The summed E-state index contributed by atoms with van der Waals surface area (Å²) in [7, 11) is 0. The van der Waals surface area contributed by atoms with E-state index in [0.29, 0.717) is 25.1 Å². The van der Waals surface area contributed by atoms with Gasteiger partial charge in [-0.3, -0.25) is 4.79 Å². The zero-order valence-corrected chi connectivity index (χ0v) is 9.73. The van der Waals surface area contributed by atoms with E-state index in [9.17, 15) is 14.7 Å². The first-order valence-corrected chi connectivity index (χ1v) is 5.51. The van der Waals surface area contributed by atoms with E-state index >= 15 is 0 Å². The lowest BCUT2D eigenvalue weighted by molar-refractivity contribution is -0.305. The van der Waals surface area contributed by atoms with Crippen molar-refractivity contribution in [3.05, 3.63) is 23.9 Å². The standard InChI is InChI=1S/C12H16N2O3/c1-9-5-4-6-10(13-9)14-11(15)7-2-3-8-12(16)17/h4-6H,2-3,7-8H2,1H3,(H,16,17)(H,13,14,15)/p-1. The minimum absolute atomic E-state index is 0.00399. The maximum Gasteiger partial charge on any atom is 0.225 e. The van der Waals surface area contributed by atoms with Gasteiger partial charge in [-0.15, -0.1) is 0 Å². The fourth-order valence-corrected chi connectivity index (χ4v) is 1.37. The molecule has 0 saturated carbocycles. The Hall–Kier alpha value is -1.91. The molecule has 0 aliphatic rings. The van der Waals surface area contributed by atoms with Crippen molar-refractivity contribution in [3.63, 3.8) is 0 Å². The number of hydrogen-bond acceptors (Lipinski definition) is 4. The summed E-state index contributed by atoms with van der Waals surface area (Å²) < 4.78 is 0. The van der Waals surface area contributed by atoms with Crippen LogP contribution in [0.2, 0.25) is 0 Å². The number of carbonyl (C=O) groups is 2. The van der Waals surface area contributed by atoms with Gasteiger partial charge >= 0.3 is 0 Å². The van der Waals surface area contributed by atoms with Crippen molar-refractivity contribution in [2.75, 3.05) is 5.32 Å². The lowest BCUT2D eigenvalue weighted by Gasteiger charge is -2.05. The van der Waals surface area contributed by atoms with Gasteiger partial charge in [0.05, 0.1) is 0 Å². The number of pyridine rings is 1. The van der Waals surface area contributed by atoms with Gasteiger partial charge in [0.25, 0.3) is 0 Å². The monoisotopic (exact) mass is 235 g/mol. The highest BCUT2D eigenvalue weighted by molar-refractivity contribution is 5.89. The number of carboxylic acid groups (broad SMARTS) is 1. The molecule has 0 fully saturated rings. The van der Waals surface area contributed by atoms with Gasteiger partial charge < -0.3 is 15.2 Å². The average Bonchev–Trinajstić information content (AvgIpc) is 2.24. The molecule has 0 bridgehead atoms. The molecule has 17 heavy (non-hydrogen) atoms. The first-order valence-electron chi connectivity index (χ1n) is 5.51. The number of nitrogens with zero attached hydrogens (tertiary/aromatic N) is 1. The SMILES string of the molecule is Cc1cccc(NC(=O)CCCCC(=O)[O-])n1. The summed E-state index contributed by atoms with van der Waals surface area (Å²) >= 11 is 0. The number of carboxylic acids is 1. The highest BCUT2D eigenvalue weighted by atomic mass is 16.4. The van der Waals surface area contributed by atoms with Crippen LogP contribution in [0.1, 0.15) is 31.4 Å². The van der Waals surface area contributed by atoms with E-state index in [2.05, 4.69) is 10.3 Å². The second kappa shape index (κ2) is 6.62. The van der Waals surface area contributed by atoms with E-state index in [4.69, 9.17) is 0 Å². The molecule has 1 aromatic heterocycles. The van der Waals surface area contributed by atoms with Crippen LogP contribution < -0.4 is 10.4 Å². The molecule has 92 valence electrons. The Bertz CT molecular complexity index is 404. The summed E-state index contributed by atoms with van der Waals surface area (Å²) in [6.07, 6.45) is 1.28. The number of aliphatic carboxylic acids is 1. The Balaban J connectivity index is 2.27. The van der Waals surface area contributed by atoms with Crippen LogP contribution in [0.25, 0.3) is 0 Å². The number of carbonyl (C=O) groups excluding carboxylic acids is 2. The molecule has 0 radical (unpaired) electrons. The number of rotatable bonds is 6. The third-order valence-corrected chi connectivity index (χ3v) is 2.19. The van der Waals surface area contributed by atoms with Crippen LogP contribution in [0, 0.1) is 6.92 Å². The van der Waals surface area contributed by atoms with Crippen LogP contribution in [0.4, 0.5) is 5.82 Å². The molecule has 1 N–H and O–H groups in total. The fourth-order valence-electron chi connectivity index (χ4n) is 1.37. The van der Waals surface area contributed by atoms with Gasteiger partial charge in [-0.25, -0.2) is 4.98 Å². The maximum absolute atomic E-state index is 11.5. The Kier molecular flexibility index (Phi) is 5.13. The zero-order chi connectivity index (χ0) is 12.7. The molecule has 0 aliphatic carbocycles. The van der Waals surface area contributed by atoms with Crippen molar-refractivity contribution in [2.24, 2.45) is 0 Å². The van der Waals surface area contributed by atoms with E-state index in [1.165, 1.54) is 0 Å². The fraction of sp³-hybridized carbons (Fsp3) is 0.417. The van der Waals surface area contributed by atoms with Crippen molar-refractivity contribution in [1.82, 2.24) is 4.98 Å². The molecule has 0 aromatic carbocycles. The van der Waals surface area contributed by atoms with Crippen LogP contribution in [0.5, 0.6) is 0 Å². The molecule has 1 aromatic rings. The quantitative estimate of drug-likeness (QED) is 0.733. The van der Waals surface area contributed by atoms with Crippen molar-refractivity contribution >= 4 is 17.7 Å². The van der Waals surface area contributed by atoms with E-state index < -0.39 is 5.97 Å². The third-order valence-electron chi connectivity index (χ3n) is 2.19. The van der Waals surface area contributed by atoms with Gasteiger partial charge in [-0.2, -0.15) is 0 Å². The minimum atomic E-state index is -1.08. The number of nitrogens with one attached hydrogen (secondary N) is 1. The van der Waals surface area contributed by atoms with E-state index in [-0.39, 0.29) is 12.3 Å². The molecule has 5 heteroatoms. The predicted molar refractivity (Wildman–Crippen MR) is 61.1 cm³/mol. The summed E-state index contributed by atoms with van der Waals surface area (Å²) in [6.45, 7) is 1.84. The molecule has 0 spiro atoms. The van der Waals surface area contributed by atoms with Gasteiger partial charge in [0.15, 0.2) is 0 Å². The van der Waals surface area contributed by atoms with Crippen molar-refractivity contribution in [2.45, 2.75) is 32.6 Å². The zero-order valence-electron chi connectivity index (χ0n) is 9.73. The van der Waals surface area contributed by atoms with Crippen molar-refractivity contribution < 1.29 is 14.7 Å². The van der Waals surface area contributed by atoms with Crippen molar-refractivity contribution in [1.29, 1.82) is 0 Å². The Labute approximate surface area is 99.9 Å². The molecular formula is C12H15N2O3-. The van der Waals surface area contributed by atoms with E-state index in [1.54, 1.807) is 6.07 Å². The molecule has 1 heterocycles. The number of amides is 1. The van der Waals surface area contributed by atoms with Crippen LogP contribution in [-0.4, -0.2) is 16.9 Å². The lowest BCUT2D eigenvalue weighted by atomic mass is 10.2. The maximum atomic E-state index is 11.5. The largest absolute Gasteiger partial charge is 0.550 e. The minimum Gasteiger partial charge on any atom is -0.550 e. The molecule has 1 amide bonds. The first kappa shape index (κ1) is 13.2. The van der Waals surface area contributed by atoms with Gasteiger partial charge in [0.1, 0.15) is 5.82 Å². The van der Waals surface area contributed by atoms with Crippen LogP contribution >= 0.6 is 0 Å². The highest BCUT2D eigenvalue weighted by Crippen LogP contribution is 2.06. The molecule has 1 rings (SSSR count). The average molecular weight is 235 g/mol. The Morgan fingerprint density at radius 2 is 2.00 bits per heavy atom. The number of aryl methyl sites for hydroxylation is 1.